The number of ether oxygens (including phenoxy) is 1. The van der Waals surface area contributed by atoms with Crippen LogP contribution in [0.3, 0.4) is 0 Å². The molecule has 1 aliphatic carbocycles. The second kappa shape index (κ2) is 2.18. The van der Waals surface area contributed by atoms with Crippen molar-refractivity contribution in [3.63, 3.8) is 0 Å². The SMILES string of the molecule is CCOC1=C(F)C(F)(F)C1. The highest BCUT2D eigenvalue weighted by Gasteiger charge is 2.49. The Morgan fingerprint density at radius 2 is 2.20 bits per heavy atom. The largest absolute Gasteiger partial charge is 0.495 e. The van der Waals surface area contributed by atoms with E-state index in [2.05, 4.69) is 4.74 Å². The summed E-state index contributed by atoms with van der Waals surface area (Å²) in [5.41, 5.74) is 0. The van der Waals surface area contributed by atoms with Gasteiger partial charge in [0.15, 0.2) is 0 Å². The van der Waals surface area contributed by atoms with Gasteiger partial charge in [0.2, 0.25) is 5.83 Å². The average Bonchev–Trinajstić information content (AvgIpc) is 1.87. The molecule has 0 aliphatic heterocycles. The van der Waals surface area contributed by atoms with Gasteiger partial charge in [0, 0.05) is 0 Å². The van der Waals surface area contributed by atoms with Crippen LogP contribution in [0.4, 0.5) is 13.2 Å². The molecule has 0 saturated carbocycles. The normalized spacial score (nSPS) is 22.4. The molecule has 0 fully saturated rings. The van der Waals surface area contributed by atoms with Crippen LogP contribution in [0.1, 0.15) is 13.3 Å². The summed E-state index contributed by atoms with van der Waals surface area (Å²) in [5.74, 6) is -4.87. The van der Waals surface area contributed by atoms with E-state index in [-0.39, 0.29) is 12.4 Å². The molecule has 0 amide bonds. The Kier molecular flexibility index (Phi) is 1.62. The molecule has 1 nitrogen and oxygen atoms in total. The lowest BCUT2D eigenvalue weighted by molar-refractivity contribution is -0.0421. The van der Waals surface area contributed by atoms with Crippen molar-refractivity contribution in [1.29, 1.82) is 0 Å². The zero-order valence-corrected chi connectivity index (χ0v) is 5.46. The molecule has 58 valence electrons. The van der Waals surface area contributed by atoms with Crippen molar-refractivity contribution in [3.8, 4) is 0 Å². The van der Waals surface area contributed by atoms with Crippen LogP contribution in [0.5, 0.6) is 0 Å². The van der Waals surface area contributed by atoms with Crippen LogP contribution in [0.2, 0.25) is 0 Å². The van der Waals surface area contributed by atoms with Gasteiger partial charge in [-0.1, -0.05) is 0 Å². The van der Waals surface area contributed by atoms with Gasteiger partial charge in [0.05, 0.1) is 13.0 Å². The molecule has 0 radical (unpaired) electrons. The van der Waals surface area contributed by atoms with Crippen LogP contribution in [0, 0.1) is 0 Å². The van der Waals surface area contributed by atoms with Crippen LogP contribution in [-0.2, 0) is 4.74 Å². The van der Waals surface area contributed by atoms with Crippen LogP contribution in [0.25, 0.3) is 0 Å². The van der Waals surface area contributed by atoms with Gasteiger partial charge in [0.1, 0.15) is 5.76 Å². The maximum absolute atomic E-state index is 12.2. The van der Waals surface area contributed by atoms with Gasteiger partial charge in [-0.25, -0.2) is 4.39 Å². The molecule has 0 heterocycles. The van der Waals surface area contributed by atoms with Crippen molar-refractivity contribution < 1.29 is 17.9 Å². The van der Waals surface area contributed by atoms with Crippen molar-refractivity contribution in [1.82, 2.24) is 0 Å². The van der Waals surface area contributed by atoms with Crippen LogP contribution < -0.4 is 0 Å². The lowest BCUT2D eigenvalue weighted by Crippen LogP contribution is -2.30. The number of allylic oxidation sites excluding steroid dienone is 2. The van der Waals surface area contributed by atoms with Crippen LogP contribution in [0.15, 0.2) is 11.6 Å². The van der Waals surface area contributed by atoms with E-state index in [1.165, 1.54) is 0 Å². The first-order chi connectivity index (χ1) is 4.58. The summed E-state index contributed by atoms with van der Waals surface area (Å²) in [5, 5.41) is 0. The Morgan fingerprint density at radius 3 is 2.50 bits per heavy atom. The third kappa shape index (κ3) is 0.978. The highest BCUT2D eigenvalue weighted by Crippen LogP contribution is 2.44. The van der Waals surface area contributed by atoms with Gasteiger partial charge in [-0.2, -0.15) is 8.78 Å². The first-order valence-electron chi connectivity index (χ1n) is 2.97. The maximum atomic E-state index is 12.2. The summed E-state index contributed by atoms with van der Waals surface area (Å²) in [6.45, 7) is 1.86. The van der Waals surface area contributed by atoms with Crippen molar-refractivity contribution in [2.45, 2.75) is 19.3 Å². The van der Waals surface area contributed by atoms with E-state index < -0.39 is 18.2 Å². The lowest BCUT2D eigenvalue weighted by atomic mass is 10.0. The molecule has 0 saturated heterocycles. The van der Waals surface area contributed by atoms with Gasteiger partial charge in [-0.3, -0.25) is 0 Å². The fraction of sp³-hybridized carbons (Fsp3) is 0.667. The molecule has 0 N–H and O–H groups in total. The summed E-state index contributed by atoms with van der Waals surface area (Å²) in [7, 11) is 0. The first-order valence-corrected chi connectivity index (χ1v) is 2.97. The maximum Gasteiger partial charge on any atom is 0.309 e. The highest BCUT2D eigenvalue weighted by atomic mass is 19.3. The minimum atomic E-state index is -3.26. The van der Waals surface area contributed by atoms with E-state index in [0.29, 0.717) is 0 Å². The molecule has 0 spiro atoms. The number of halogens is 3. The molecule has 0 aromatic carbocycles. The highest BCUT2D eigenvalue weighted by molar-refractivity contribution is 5.23. The fourth-order valence-corrected chi connectivity index (χ4v) is 0.743. The number of rotatable bonds is 2. The van der Waals surface area contributed by atoms with Gasteiger partial charge < -0.3 is 4.74 Å². The van der Waals surface area contributed by atoms with E-state index in [1.807, 2.05) is 0 Å². The zero-order valence-electron chi connectivity index (χ0n) is 5.46. The van der Waals surface area contributed by atoms with Crippen molar-refractivity contribution >= 4 is 0 Å². The first kappa shape index (κ1) is 7.44. The smallest absolute Gasteiger partial charge is 0.309 e. The van der Waals surface area contributed by atoms with Crippen LogP contribution in [-0.4, -0.2) is 12.5 Å². The third-order valence-corrected chi connectivity index (χ3v) is 1.27. The topological polar surface area (TPSA) is 9.23 Å². The van der Waals surface area contributed by atoms with Crippen molar-refractivity contribution in [2.24, 2.45) is 0 Å². The predicted molar refractivity (Wildman–Crippen MR) is 29.3 cm³/mol. The van der Waals surface area contributed by atoms with Crippen molar-refractivity contribution in [3.05, 3.63) is 11.6 Å². The lowest BCUT2D eigenvalue weighted by Gasteiger charge is -2.26. The van der Waals surface area contributed by atoms with E-state index in [4.69, 9.17) is 0 Å². The number of alkyl halides is 2. The quantitative estimate of drug-likeness (QED) is 0.589. The standard InChI is InChI=1S/C6H7F3O/c1-2-10-4-3-6(8,9)5(4)7/h2-3H2,1H3. The molecule has 10 heavy (non-hydrogen) atoms. The van der Waals surface area contributed by atoms with Crippen LogP contribution >= 0.6 is 0 Å². The van der Waals surface area contributed by atoms with E-state index in [0.717, 1.165) is 0 Å². The Labute approximate surface area is 56.5 Å². The molecule has 1 rings (SSSR count). The monoisotopic (exact) mass is 152 g/mol. The Bertz CT molecular complexity index is 174. The molecule has 0 aromatic rings. The Balaban J connectivity index is 2.59. The minimum absolute atomic E-state index is 0.201. The Morgan fingerprint density at radius 1 is 1.60 bits per heavy atom. The van der Waals surface area contributed by atoms with Gasteiger partial charge in [-0.15, -0.1) is 0 Å². The third-order valence-electron chi connectivity index (χ3n) is 1.27. The molecule has 4 heteroatoms. The molecule has 1 aliphatic rings. The summed E-state index contributed by atoms with van der Waals surface area (Å²) >= 11 is 0. The molecule has 0 aromatic heterocycles. The summed E-state index contributed by atoms with van der Waals surface area (Å²) < 4.78 is 40.7. The van der Waals surface area contributed by atoms with E-state index >= 15 is 0 Å². The number of hydrogen-bond acceptors (Lipinski definition) is 1. The molecular weight excluding hydrogens is 145 g/mol. The second-order valence-electron chi connectivity index (χ2n) is 2.05. The molecular formula is C6H7F3O. The predicted octanol–water partition coefficient (Wildman–Crippen LogP) is 2.24. The molecule has 0 bridgehead atoms. The number of hydrogen-bond donors (Lipinski definition) is 0. The summed E-state index contributed by atoms with van der Waals surface area (Å²) in [6.07, 6.45) is -0.591. The van der Waals surface area contributed by atoms with Gasteiger partial charge >= 0.3 is 5.92 Å². The van der Waals surface area contributed by atoms with E-state index in [1.54, 1.807) is 6.92 Å². The fourth-order valence-electron chi connectivity index (χ4n) is 0.743. The minimum Gasteiger partial charge on any atom is -0.495 e. The summed E-state index contributed by atoms with van der Waals surface area (Å²) in [4.78, 5) is 0. The summed E-state index contributed by atoms with van der Waals surface area (Å²) in [6, 6.07) is 0. The second-order valence-corrected chi connectivity index (χ2v) is 2.05. The van der Waals surface area contributed by atoms with Gasteiger partial charge in [-0.05, 0) is 6.92 Å². The molecule has 0 atom stereocenters. The molecule has 0 unspecified atom stereocenters. The Hall–Kier alpha value is -0.670. The zero-order chi connectivity index (χ0) is 7.78. The van der Waals surface area contributed by atoms with Gasteiger partial charge in [0.25, 0.3) is 0 Å². The average molecular weight is 152 g/mol. The van der Waals surface area contributed by atoms with E-state index in [9.17, 15) is 13.2 Å². The van der Waals surface area contributed by atoms with Crippen molar-refractivity contribution in [2.75, 3.05) is 6.61 Å².